The van der Waals surface area contributed by atoms with Crippen molar-refractivity contribution in [1.29, 1.82) is 0 Å². The van der Waals surface area contributed by atoms with E-state index < -0.39 is 0 Å². The van der Waals surface area contributed by atoms with Crippen molar-refractivity contribution in [2.24, 2.45) is 17.3 Å². The number of hydrogen-bond donors (Lipinski definition) is 2. The number of rotatable bonds is 4. The molecule has 0 spiro atoms. The molecule has 2 aliphatic rings. The highest BCUT2D eigenvalue weighted by molar-refractivity contribution is 5.79. The van der Waals surface area contributed by atoms with Gasteiger partial charge >= 0.3 is 0 Å². The highest BCUT2D eigenvalue weighted by Crippen LogP contribution is 2.39. The van der Waals surface area contributed by atoms with E-state index in [1.165, 1.54) is 25.7 Å². The van der Waals surface area contributed by atoms with Gasteiger partial charge in [-0.2, -0.15) is 0 Å². The topological polar surface area (TPSA) is 41.1 Å². The van der Waals surface area contributed by atoms with Crippen LogP contribution in [0, 0.1) is 17.3 Å². The summed E-state index contributed by atoms with van der Waals surface area (Å²) < 4.78 is 0. The summed E-state index contributed by atoms with van der Waals surface area (Å²) in [6.07, 6.45) is 6.42. The molecule has 1 unspecified atom stereocenters. The van der Waals surface area contributed by atoms with Crippen molar-refractivity contribution in [3.05, 3.63) is 0 Å². The molecule has 1 aliphatic carbocycles. The maximum absolute atomic E-state index is 12.0. The fourth-order valence-electron chi connectivity index (χ4n) is 3.19. The Bertz CT molecular complexity index is 263. The molecule has 3 nitrogen and oxygen atoms in total. The van der Waals surface area contributed by atoms with Crippen LogP contribution >= 0.6 is 0 Å². The summed E-state index contributed by atoms with van der Waals surface area (Å²) in [5.74, 6) is 1.25. The zero-order valence-electron chi connectivity index (χ0n) is 11.2. The van der Waals surface area contributed by atoms with E-state index in [9.17, 15) is 4.79 Å². The molecule has 1 saturated heterocycles. The minimum absolute atomic E-state index is 0.203. The molecule has 1 heterocycles. The summed E-state index contributed by atoms with van der Waals surface area (Å²) in [5, 5.41) is 6.41. The van der Waals surface area contributed by atoms with Gasteiger partial charge in [0.15, 0.2) is 0 Å². The van der Waals surface area contributed by atoms with E-state index in [1.807, 2.05) is 0 Å². The van der Waals surface area contributed by atoms with Gasteiger partial charge in [-0.15, -0.1) is 0 Å². The Kier molecular flexibility index (Phi) is 4.08. The lowest BCUT2D eigenvalue weighted by atomic mass is 9.77. The van der Waals surface area contributed by atoms with E-state index in [1.54, 1.807) is 0 Å². The lowest BCUT2D eigenvalue weighted by Crippen LogP contribution is -2.41. The normalized spacial score (nSPS) is 26.4. The van der Waals surface area contributed by atoms with E-state index in [0.717, 1.165) is 32.0 Å². The van der Waals surface area contributed by atoms with Gasteiger partial charge in [-0.1, -0.05) is 26.7 Å². The van der Waals surface area contributed by atoms with E-state index in [-0.39, 0.29) is 17.2 Å². The summed E-state index contributed by atoms with van der Waals surface area (Å²) in [6.45, 7) is 7.29. The fourth-order valence-corrected chi connectivity index (χ4v) is 3.19. The van der Waals surface area contributed by atoms with E-state index in [0.29, 0.717) is 0 Å². The first-order valence-electron chi connectivity index (χ1n) is 7.08. The Morgan fingerprint density at radius 2 is 2.00 bits per heavy atom. The number of hydrogen-bond acceptors (Lipinski definition) is 2. The van der Waals surface area contributed by atoms with Crippen LogP contribution in [0.4, 0.5) is 0 Å². The highest BCUT2D eigenvalue weighted by Gasteiger charge is 2.32. The third-order valence-corrected chi connectivity index (χ3v) is 4.61. The zero-order valence-corrected chi connectivity index (χ0v) is 11.2. The minimum atomic E-state index is 0.203. The summed E-state index contributed by atoms with van der Waals surface area (Å²) in [4.78, 5) is 12.0. The second-order valence-electron chi connectivity index (χ2n) is 6.38. The molecule has 2 rings (SSSR count). The van der Waals surface area contributed by atoms with Gasteiger partial charge in [-0.3, -0.25) is 4.79 Å². The minimum Gasteiger partial charge on any atom is -0.355 e. The molecule has 0 aromatic carbocycles. The van der Waals surface area contributed by atoms with Crippen LogP contribution in [0.5, 0.6) is 0 Å². The molecule has 0 bridgehead atoms. The molecular weight excluding hydrogens is 212 g/mol. The van der Waals surface area contributed by atoms with Crippen molar-refractivity contribution in [3.63, 3.8) is 0 Å². The maximum atomic E-state index is 12.0. The number of amides is 1. The average molecular weight is 238 g/mol. The summed E-state index contributed by atoms with van der Waals surface area (Å²) in [6, 6.07) is 0. The van der Waals surface area contributed by atoms with E-state index in [2.05, 4.69) is 24.5 Å². The Morgan fingerprint density at radius 3 is 2.59 bits per heavy atom. The molecule has 1 atom stereocenters. The largest absolute Gasteiger partial charge is 0.355 e. The third-order valence-electron chi connectivity index (χ3n) is 4.61. The molecule has 0 aromatic heterocycles. The van der Waals surface area contributed by atoms with Crippen molar-refractivity contribution in [2.75, 3.05) is 19.6 Å². The summed E-state index contributed by atoms with van der Waals surface area (Å²) >= 11 is 0. The van der Waals surface area contributed by atoms with E-state index >= 15 is 0 Å². The molecule has 1 amide bonds. The Hall–Kier alpha value is -0.570. The second kappa shape index (κ2) is 5.38. The lowest BCUT2D eigenvalue weighted by molar-refractivity contribution is -0.125. The average Bonchev–Trinajstić information content (AvgIpc) is 2.97. The summed E-state index contributed by atoms with van der Waals surface area (Å²) in [7, 11) is 0. The van der Waals surface area contributed by atoms with Crippen molar-refractivity contribution in [3.8, 4) is 0 Å². The molecular formula is C14H26N2O. The van der Waals surface area contributed by atoms with Gasteiger partial charge < -0.3 is 10.6 Å². The molecule has 1 aliphatic heterocycles. The predicted octanol–water partition coefficient (Wildman–Crippen LogP) is 1.93. The quantitative estimate of drug-likeness (QED) is 0.786. The van der Waals surface area contributed by atoms with Crippen LogP contribution < -0.4 is 10.6 Å². The van der Waals surface area contributed by atoms with Gasteiger partial charge in [0.25, 0.3) is 0 Å². The molecule has 2 fully saturated rings. The summed E-state index contributed by atoms with van der Waals surface area (Å²) in [5.41, 5.74) is 0.262. The van der Waals surface area contributed by atoms with Gasteiger partial charge in [0.1, 0.15) is 0 Å². The van der Waals surface area contributed by atoms with Crippen LogP contribution in [-0.2, 0) is 4.79 Å². The number of carbonyl (C=O) groups is 1. The van der Waals surface area contributed by atoms with Gasteiger partial charge in [-0.05, 0) is 37.1 Å². The van der Waals surface area contributed by atoms with Gasteiger partial charge in [-0.25, -0.2) is 0 Å². The Labute approximate surface area is 105 Å². The molecule has 0 aromatic rings. The molecule has 2 N–H and O–H groups in total. The molecule has 3 heteroatoms. The van der Waals surface area contributed by atoms with Crippen LogP contribution in [0.1, 0.15) is 46.0 Å². The van der Waals surface area contributed by atoms with E-state index in [4.69, 9.17) is 0 Å². The van der Waals surface area contributed by atoms with Gasteiger partial charge in [0, 0.05) is 13.1 Å². The van der Waals surface area contributed by atoms with Crippen LogP contribution in [0.25, 0.3) is 0 Å². The number of nitrogens with one attached hydrogen (secondary N) is 2. The molecule has 0 radical (unpaired) electrons. The Balaban J connectivity index is 1.77. The van der Waals surface area contributed by atoms with Crippen molar-refractivity contribution in [2.45, 2.75) is 46.0 Å². The smallest absolute Gasteiger partial charge is 0.224 e. The van der Waals surface area contributed by atoms with Crippen molar-refractivity contribution in [1.82, 2.24) is 10.6 Å². The second-order valence-corrected chi connectivity index (χ2v) is 6.38. The SMILES string of the molecule is CC(C)(CNC(=O)C1CCNC1)C1CCCC1. The molecule has 1 saturated carbocycles. The van der Waals surface area contributed by atoms with Crippen LogP contribution in [0.15, 0.2) is 0 Å². The van der Waals surface area contributed by atoms with Crippen molar-refractivity contribution < 1.29 is 4.79 Å². The highest BCUT2D eigenvalue weighted by atomic mass is 16.1. The number of carbonyl (C=O) groups excluding carboxylic acids is 1. The first kappa shape index (κ1) is 12.9. The van der Waals surface area contributed by atoms with Crippen LogP contribution in [0.3, 0.4) is 0 Å². The lowest BCUT2D eigenvalue weighted by Gasteiger charge is -2.32. The first-order chi connectivity index (χ1) is 8.09. The first-order valence-corrected chi connectivity index (χ1v) is 7.08. The van der Waals surface area contributed by atoms with Gasteiger partial charge in [0.2, 0.25) is 5.91 Å². The van der Waals surface area contributed by atoms with Crippen LogP contribution in [-0.4, -0.2) is 25.5 Å². The Morgan fingerprint density at radius 1 is 1.29 bits per heavy atom. The fraction of sp³-hybridized carbons (Fsp3) is 0.929. The predicted molar refractivity (Wildman–Crippen MR) is 69.7 cm³/mol. The molecule has 98 valence electrons. The van der Waals surface area contributed by atoms with Crippen LogP contribution in [0.2, 0.25) is 0 Å². The van der Waals surface area contributed by atoms with Gasteiger partial charge in [0.05, 0.1) is 5.92 Å². The standard InChI is InChI=1S/C14H26N2O/c1-14(2,12-5-3-4-6-12)10-16-13(17)11-7-8-15-9-11/h11-12,15H,3-10H2,1-2H3,(H,16,17). The monoisotopic (exact) mass is 238 g/mol. The third kappa shape index (κ3) is 3.21. The zero-order chi connectivity index (χ0) is 12.3. The maximum Gasteiger partial charge on any atom is 0.224 e. The molecule has 17 heavy (non-hydrogen) atoms. The van der Waals surface area contributed by atoms with Crippen molar-refractivity contribution >= 4 is 5.91 Å².